The average Bonchev–Trinajstić information content (AvgIpc) is 1.82. The van der Waals surface area contributed by atoms with Gasteiger partial charge >= 0.3 is 6.03 Å². The molecule has 0 saturated heterocycles. The van der Waals surface area contributed by atoms with Crippen LogP contribution in [-0.4, -0.2) is 17.9 Å². The Morgan fingerprint density at radius 3 is 2.50 bits per heavy atom. The Morgan fingerprint density at radius 2 is 2.08 bits per heavy atom. The fourth-order valence-electron chi connectivity index (χ4n) is 1.44. The van der Waals surface area contributed by atoms with Crippen molar-refractivity contribution in [2.75, 3.05) is 0 Å². The van der Waals surface area contributed by atoms with Gasteiger partial charge in [0.15, 0.2) is 5.78 Å². The lowest BCUT2D eigenvalue weighted by Crippen LogP contribution is -2.47. The van der Waals surface area contributed by atoms with Gasteiger partial charge in [-0.15, -0.1) is 0 Å². The Morgan fingerprint density at radius 1 is 1.50 bits per heavy atom. The number of amides is 2. The van der Waals surface area contributed by atoms with Crippen LogP contribution < -0.4 is 10.6 Å². The molecule has 0 fully saturated rings. The van der Waals surface area contributed by atoms with Gasteiger partial charge < -0.3 is 10.6 Å². The van der Waals surface area contributed by atoms with E-state index in [4.69, 9.17) is 0 Å². The van der Waals surface area contributed by atoms with Crippen molar-refractivity contribution in [2.24, 2.45) is 0 Å². The lowest BCUT2D eigenvalue weighted by molar-refractivity contribution is -0.114. The standard InChI is InChI=1S/C8H12N2O2/c1-4-7(6(3)11)5(2)10-8(12)9-4/h4H,1-3H3,(H2,9,10,12)/t4-/m0/s1. The maximum atomic E-state index is 11.1. The second kappa shape index (κ2) is 2.97. The Labute approximate surface area is 71.0 Å². The van der Waals surface area contributed by atoms with Gasteiger partial charge in [0.2, 0.25) is 0 Å². The first-order chi connectivity index (χ1) is 5.52. The van der Waals surface area contributed by atoms with Crippen molar-refractivity contribution in [3.05, 3.63) is 11.3 Å². The van der Waals surface area contributed by atoms with Crippen molar-refractivity contribution >= 4 is 11.8 Å². The van der Waals surface area contributed by atoms with Crippen molar-refractivity contribution in [2.45, 2.75) is 26.8 Å². The topological polar surface area (TPSA) is 58.2 Å². The molecular weight excluding hydrogens is 156 g/mol. The number of hydrogen-bond donors (Lipinski definition) is 2. The zero-order valence-electron chi connectivity index (χ0n) is 7.39. The van der Waals surface area contributed by atoms with Crippen molar-refractivity contribution in [1.82, 2.24) is 10.6 Å². The molecule has 0 aromatic heterocycles. The molecule has 0 spiro atoms. The molecule has 0 aliphatic carbocycles. The first-order valence-electron chi connectivity index (χ1n) is 3.81. The number of hydrogen-bond acceptors (Lipinski definition) is 2. The van der Waals surface area contributed by atoms with Crippen LogP contribution in [0.5, 0.6) is 0 Å². The summed E-state index contributed by atoms with van der Waals surface area (Å²) in [5.74, 6) is -0.00694. The van der Waals surface area contributed by atoms with E-state index in [1.807, 2.05) is 0 Å². The van der Waals surface area contributed by atoms with Gasteiger partial charge in [-0.25, -0.2) is 4.79 Å². The summed E-state index contributed by atoms with van der Waals surface area (Å²) in [6, 6.07) is -0.429. The number of allylic oxidation sites excluding steroid dienone is 1. The van der Waals surface area contributed by atoms with E-state index in [9.17, 15) is 9.59 Å². The minimum absolute atomic E-state index is 0.00694. The Bertz CT molecular complexity index is 268. The van der Waals surface area contributed by atoms with Gasteiger partial charge in [-0.2, -0.15) is 0 Å². The average molecular weight is 168 g/mol. The third-order valence-electron chi connectivity index (χ3n) is 1.86. The number of urea groups is 1. The van der Waals surface area contributed by atoms with E-state index in [0.717, 1.165) is 0 Å². The van der Waals surface area contributed by atoms with E-state index in [1.165, 1.54) is 6.92 Å². The summed E-state index contributed by atoms with van der Waals surface area (Å²) in [6.45, 7) is 5.01. The first-order valence-corrected chi connectivity index (χ1v) is 3.81. The predicted octanol–water partition coefficient (Wildman–Crippen LogP) is 0.551. The van der Waals surface area contributed by atoms with E-state index in [1.54, 1.807) is 13.8 Å². The Kier molecular flexibility index (Phi) is 2.17. The highest BCUT2D eigenvalue weighted by Crippen LogP contribution is 2.11. The highest BCUT2D eigenvalue weighted by molar-refractivity contribution is 5.97. The van der Waals surface area contributed by atoms with Crippen LogP contribution in [0.25, 0.3) is 0 Å². The molecule has 2 N–H and O–H groups in total. The maximum Gasteiger partial charge on any atom is 0.319 e. The quantitative estimate of drug-likeness (QED) is 0.600. The second-order valence-corrected chi connectivity index (χ2v) is 2.92. The van der Waals surface area contributed by atoms with Gasteiger partial charge in [-0.3, -0.25) is 4.79 Å². The minimum atomic E-state index is -0.245. The molecule has 0 unspecified atom stereocenters. The maximum absolute atomic E-state index is 11.1. The van der Waals surface area contributed by atoms with E-state index < -0.39 is 0 Å². The number of ketones is 1. The summed E-state index contributed by atoms with van der Waals surface area (Å²) < 4.78 is 0. The smallest absolute Gasteiger partial charge is 0.319 e. The molecule has 2 amide bonds. The number of carbonyl (C=O) groups is 2. The van der Waals surface area contributed by atoms with Crippen LogP contribution in [0.4, 0.5) is 4.79 Å². The summed E-state index contributed by atoms with van der Waals surface area (Å²) in [5.41, 5.74) is 1.30. The highest BCUT2D eigenvalue weighted by atomic mass is 16.2. The molecule has 1 heterocycles. The molecule has 0 aromatic rings. The fourth-order valence-corrected chi connectivity index (χ4v) is 1.44. The van der Waals surface area contributed by atoms with Crippen LogP contribution in [0, 0.1) is 0 Å². The molecule has 1 rings (SSSR count). The van der Waals surface area contributed by atoms with Gasteiger partial charge in [0.05, 0.1) is 6.04 Å². The molecule has 66 valence electrons. The highest BCUT2D eigenvalue weighted by Gasteiger charge is 2.23. The predicted molar refractivity (Wildman–Crippen MR) is 44.5 cm³/mol. The summed E-state index contributed by atoms with van der Waals surface area (Å²) in [4.78, 5) is 22.0. The molecule has 4 nitrogen and oxygen atoms in total. The second-order valence-electron chi connectivity index (χ2n) is 2.92. The third kappa shape index (κ3) is 1.47. The summed E-state index contributed by atoms with van der Waals surface area (Å²) in [5, 5.41) is 5.16. The number of carbonyl (C=O) groups excluding carboxylic acids is 2. The largest absolute Gasteiger partial charge is 0.331 e. The first kappa shape index (κ1) is 8.77. The van der Waals surface area contributed by atoms with Gasteiger partial charge in [0.1, 0.15) is 0 Å². The van der Waals surface area contributed by atoms with Gasteiger partial charge in [0.25, 0.3) is 0 Å². The summed E-state index contributed by atoms with van der Waals surface area (Å²) >= 11 is 0. The summed E-state index contributed by atoms with van der Waals surface area (Å²) in [7, 11) is 0. The van der Waals surface area contributed by atoms with Gasteiger partial charge in [-0.05, 0) is 20.8 Å². The van der Waals surface area contributed by atoms with Crippen LogP contribution in [0.1, 0.15) is 20.8 Å². The van der Waals surface area contributed by atoms with Crippen LogP contribution in [0.2, 0.25) is 0 Å². The number of nitrogens with one attached hydrogen (secondary N) is 2. The van der Waals surface area contributed by atoms with Crippen LogP contribution in [0.3, 0.4) is 0 Å². The van der Waals surface area contributed by atoms with Gasteiger partial charge in [0, 0.05) is 11.3 Å². The molecule has 1 atom stereocenters. The fraction of sp³-hybridized carbons (Fsp3) is 0.500. The molecule has 12 heavy (non-hydrogen) atoms. The van der Waals surface area contributed by atoms with Crippen molar-refractivity contribution in [3.8, 4) is 0 Å². The molecule has 0 saturated carbocycles. The minimum Gasteiger partial charge on any atom is -0.331 e. The molecule has 0 radical (unpaired) electrons. The molecule has 1 aliphatic heterocycles. The SMILES string of the molecule is CC(=O)C1=C(C)NC(=O)N[C@H]1C. The van der Waals surface area contributed by atoms with Crippen LogP contribution in [-0.2, 0) is 4.79 Å². The zero-order chi connectivity index (χ0) is 9.30. The van der Waals surface area contributed by atoms with E-state index in [0.29, 0.717) is 11.3 Å². The normalized spacial score (nSPS) is 23.2. The van der Waals surface area contributed by atoms with Crippen molar-refractivity contribution in [3.63, 3.8) is 0 Å². The Balaban J connectivity index is 3.01. The molecular formula is C8H12N2O2. The van der Waals surface area contributed by atoms with Crippen LogP contribution in [0.15, 0.2) is 11.3 Å². The number of Topliss-reactive ketones (excluding diaryl/α,β-unsaturated/α-hetero) is 1. The lowest BCUT2D eigenvalue weighted by Gasteiger charge is -2.24. The van der Waals surface area contributed by atoms with Crippen molar-refractivity contribution in [1.29, 1.82) is 0 Å². The zero-order valence-corrected chi connectivity index (χ0v) is 7.39. The summed E-state index contributed by atoms with van der Waals surface area (Å²) in [6.07, 6.45) is 0. The van der Waals surface area contributed by atoms with E-state index in [2.05, 4.69) is 10.6 Å². The molecule has 4 heteroatoms. The molecule has 0 aromatic carbocycles. The van der Waals surface area contributed by atoms with E-state index in [-0.39, 0.29) is 17.9 Å². The molecule has 1 aliphatic rings. The van der Waals surface area contributed by atoms with E-state index >= 15 is 0 Å². The monoisotopic (exact) mass is 168 g/mol. The van der Waals surface area contributed by atoms with Crippen molar-refractivity contribution < 1.29 is 9.59 Å². The number of rotatable bonds is 1. The third-order valence-corrected chi connectivity index (χ3v) is 1.86. The van der Waals surface area contributed by atoms with Crippen LogP contribution >= 0.6 is 0 Å². The lowest BCUT2D eigenvalue weighted by atomic mass is 10.0. The van der Waals surface area contributed by atoms with Gasteiger partial charge in [-0.1, -0.05) is 0 Å². The Hall–Kier alpha value is -1.32. The molecule has 0 bridgehead atoms.